The fourth-order valence-corrected chi connectivity index (χ4v) is 2.73. The predicted octanol–water partition coefficient (Wildman–Crippen LogP) is 1.58. The average Bonchev–Trinajstić information content (AvgIpc) is 2.98. The van der Waals surface area contributed by atoms with Crippen molar-refractivity contribution >= 4 is 17.1 Å². The Labute approximate surface area is 147 Å². The molecule has 0 saturated carbocycles. The second kappa shape index (κ2) is 5.92. The number of nitrogens with one attached hydrogen (secondary N) is 1. The van der Waals surface area contributed by atoms with Crippen LogP contribution in [0.2, 0.25) is 0 Å². The molecule has 4 aromatic rings. The molecule has 3 heterocycles. The van der Waals surface area contributed by atoms with Crippen LogP contribution in [0.25, 0.3) is 28.2 Å². The summed E-state index contributed by atoms with van der Waals surface area (Å²) < 4.78 is 1.40. The molecular weight excluding hydrogens is 332 g/mol. The topological polar surface area (TPSA) is 120 Å². The number of imidazole rings is 1. The van der Waals surface area contributed by atoms with Crippen molar-refractivity contribution in [1.82, 2.24) is 24.5 Å². The van der Waals surface area contributed by atoms with E-state index in [-0.39, 0.29) is 22.7 Å². The highest BCUT2D eigenvalue weighted by Crippen LogP contribution is 2.21. The lowest BCUT2D eigenvalue weighted by atomic mass is 10.2. The fourth-order valence-electron chi connectivity index (χ4n) is 2.73. The molecule has 0 bridgehead atoms. The number of primary amides is 1. The van der Waals surface area contributed by atoms with Crippen LogP contribution < -0.4 is 11.4 Å². The van der Waals surface area contributed by atoms with Gasteiger partial charge in [-0.3, -0.25) is 9.78 Å². The number of hydrogen-bond acceptors (Lipinski definition) is 5. The molecule has 0 unspecified atom stereocenters. The van der Waals surface area contributed by atoms with Gasteiger partial charge >= 0.3 is 5.69 Å². The van der Waals surface area contributed by atoms with E-state index < -0.39 is 11.6 Å². The lowest BCUT2D eigenvalue weighted by Crippen LogP contribution is -2.15. The smallest absolute Gasteiger partial charge is 0.332 e. The third-order valence-corrected chi connectivity index (χ3v) is 4.00. The summed E-state index contributed by atoms with van der Waals surface area (Å²) in [5, 5.41) is 0. The SMILES string of the molecule is Cc1ccc(-n2c(=O)[nH]c3c(C(N)=O)nc(-c4ccncc4)nc32)cc1. The van der Waals surface area contributed by atoms with E-state index in [4.69, 9.17) is 5.73 Å². The van der Waals surface area contributed by atoms with E-state index in [9.17, 15) is 9.59 Å². The lowest BCUT2D eigenvalue weighted by molar-refractivity contribution is 0.0997. The van der Waals surface area contributed by atoms with Gasteiger partial charge in [0, 0.05) is 18.0 Å². The van der Waals surface area contributed by atoms with E-state index in [2.05, 4.69) is 19.9 Å². The highest BCUT2D eigenvalue weighted by atomic mass is 16.2. The largest absolute Gasteiger partial charge is 0.364 e. The second-order valence-corrected chi connectivity index (χ2v) is 5.80. The first-order valence-corrected chi connectivity index (χ1v) is 7.84. The van der Waals surface area contributed by atoms with Gasteiger partial charge in [-0.2, -0.15) is 0 Å². The zero-order chi connectivity index (χ0) is 18.3. The van der Waals surface area contributed by atoms with Crippen LogP contribution in [0, 0.1) is 6.92 Å². The third-order valence-electron chi connectivity index (χ3n) is 4.00. The molecular formula is C18H14N6O2. The van der Waals surface area contributed by atoms with Gasteiger partial charge < -0.3 is 10.7 Å². The van der Waals surface area contributed by atoms with E-state index in [1.54, 1.807) is 24.5 Å². The van der Waals surface area contributed by atoms with Crippen molar-refractivity contribution in [3.63, 3.8) is 0 Å². The predicted molar refractivity (Wildman–Crippen MR) is 96.0 cm³/mol. The Balaban J connectivity index is 2.06. The third kappa shape index (κ3) is 2.53. The Morgan fingerprint density at radius 2 is 1.77 bits per heavy atom. The molecule has 26 heavy (non-hydrogen) atoms. The Morgan fingerprint density at radius 1 is 1.08 bits per heavy atom. The van der Waals surface area contributed by atoms with Crippen molar-refractivity contribution in [2.24, 2.45) is 5.73 Å². The van der Waals surface area contributed by atoms with Gasteiger partial charge in [0.2, 0.25) is 0 Å². The molecule has 1 aromatic carbocycles. The van der Waals surface area contributed by atoms with Gasteiger partial charge in [0.05, 0.1) is 5.69 Å². The number of benzene rings is 1. The first-order chi connectivity index (χ1) is 12.5. The summed E-state index contributed by atoms with van der Waals surface area (Å²) in [4.78, 5) is 39.7. The number of fused-ring (bicyclic) bond motifs is 1. The van der Waals surface area contributed by atoms with Crippen LogP contribution in [0.1, 0.15) is 16.1 Å². The highest BCUT2D eigenvalue weighted by Gasteiger charge is 2.20. The van der Waals surface area contributed by atoms with E-state index in [0.717, 1.165) is 5.56 Å². The molecule has 1 amide bonds. The number of pyridine rings is 1. The van der Waals surface area contributed by atoms with E-state index in [1.807, 2.05) is 31.2 Å². The van der Waals surface area contributed by atoms with Gasteiger partial charge in [0.15, 0.2) is 17.2 Å². The summed E-state index contributed by atoms with van der Waals surface area (Å²) in [7, 11) is 0. The summed E-state index contributed by atoms with van der Waals surface area (Å²) in [6.45, 7) is 1.96. The van der Waals surface area contributed by atoms with Crippen molar-refractivity contribution in [1.29, 1.82) is 0 Å². The summed E-state index contributed by atoms with van der Waals surface area (Å²) >= 11 is 0. The molecule has 0 radical (unpaired) electrons. The molecule has 0 spiro atoms. The second-order valence-electron chi connectivity index (χ2n) is 5.80. The van der Waals surface area contributed by atoms with Crippen molar-refractivity contribution in [3.8, 4) is 17.1 Å². The molecule has 0 aliphatic rings. The average molecular weight is 346 g/mol. The van der Waals surface area contributed by atoms with E-state index in [0.29, 0.717) is 11.3 Å². The standard InChI is InChI=1S/C18H14N6O2/c1-10-2-4-12(5-3-10)24-17-14(22-18(24)26)13(15(19)25)21-16(23-17)11-6-8-20-9-7-11/h2-9H,1H3,(H2,19,25)(H,22,26). The van der Waals surface area contributed by atoms with Crippen LogP contribution in [0.15, 0.2) is 53.6 Å². The summed E-state index contributed by atoms with van der Waals surface area (Å²) in [5.74, 6) is -0.460. The van der Waals surface area contributed by atoms with E-state index >= 15 is 0 Å². The first-order valence-electron chi connectivity index (χ1n) is 7.84. The Kier molecular flexibility index (Phi) is 3.58. The monoisotopic (exact) mass is 346 g/mol. The van der Waals surface area contributed by atoms with Crippen LogP contribution in [0.3, 0.4) is 0 Å². The molecule has 0 aliphatic heterocycles. The molecule has 0 saturated heterocycles. The van der Waals surface area contributed by atoms with Crippen molar-refractivity contribution in [2.75, 3.05) is 0 Å². The Morgan fingerprint density at radius 3 is 2.42 bits per heavy atom. The maximum absolute atomic E-state index is 12.5. The number of rotatable bonds is 3. The molecule has 3 N–H and O–H groups in total. The zero-order valence-electron chi connectivity index (χ0n) is 13.8. The van der Waals surface area contributed by atoms with Crippen LogP contribution in [-0.4, -0.2) is 30.4 Å². The number of nitrogens with two attached hydrogens (primary N) is 1. The minimum Gasteiger partial charge on any atom is -0.364 e. The molecule has 3 aromatic heterocycles. The molecule has 128 valence electrons. The van der Waals surface area contributed by atoms with Crippen molar-refractivity contribution in [2.45, 2.75) is 6.92 Å². The number of aryl methyl sites for hydroxylation is 1. The minimum atomic E-state index is -0.745. The lowest BCUT2D eigenvalue weighted by Gasteiger charge is -2.06. The summed E-state index contributed by atoms with van der Waals surface area (Å²) in [5.41, 5.74) is 7.86. The van der Waals surface area contributed by atoms with Gasteiger partial charge in [-0.05, 0) is 31.2 Å². The minimum absolute atomic E-state index is 0.0372. The number of H-pyrrole nitrogens is 1. The number of amides is 1. The molecule has 0 aliphatic carbocycles. The maximum atomic E-state index is 12.5. The maximum Gasteiger partial charge on any atom is 0.332 e. The van der Waals surface area contributed by atoms with Gasteiger partial charge in [-0.25, -0.2) is 19.3 Å². The first kappa shape index (κ1) is 15.7. The highest BCUT2D eigenvalue weighted by molar-refractivity contribution is 6.02. The van der Waals surface area contributed by atoms with Gasteiger partial charge in [0.25, 0.3) is 5.91 Å². The summed E-state index contributed by atoms with van der Waals surface area (Å²) in [6.07, 6.45) is 3.19. The van der Waals surface area contributed by atoms with Crippen LogP contribution in [0.4, 0.5) is 0 Å². The zero-order valence-corrected chi connectivity index (χ0v) is 13.8. The summed E-state index contributed by atoms with van der Waals surface area (Å²) in [6, 6.07) is 10.8. The van der Waals surface area contributed by atoms with Crippen LogP contribution >= 0.6 is 0 Å². The Bertz CT molecular complexity index is 1180. The fraction of sp³-hybridized carbons (Fsp3) is 0.0556. The van der Waals surface area contributed by atoms with Crippen LogP contribution in [0.5, 0.6) is 0 Å². The number of nitrogens with zero attached hydrogens (tertiary/aromatic N) is 4. The molecule has 0 atom stereocenters. The number of carbonyl (C=O) groups excluding carboxylic acids is 1. The molecule has 8 heteroatoms. The van der Waals surface area contributed by atoms with Crippen molar-refractivity contribution in [3.05, 3.63) is 70.5 Å². The number of carbonyl (C=O) groups is 1. The molecule has 0 fully saturated rings. The Hall–Kier alpha value is -3.81. The number of hydrogen-bond donors (Lipinski definition) is 2. The van der Waals surface area contributed by atoms with Gasteiger partial charge in [-0.1, -0.05) is 17.7 Å². The van der Waals surface area contributed by atoms with Gasteiger partial charge in [0.1, 0.15) is 5.52 Å². The van der Waals surface area contributed by atoms with Gasteiger partial charge in [-0.15, -0.1) is 0 Å². The molecule has 8 nitrogen and oxygen atoms in total. The van der Waals surface area contributed by atoms with Crippen LogP contribution in [-0.2, 0) is 0 Å². The van der Waals surface area contributed by atoms with E-state index in [1.165, 1.54) is 4.57 Å². The number of aromatic nitrogens is 5. The number of aromatic amines is 1. The van der Waals surface area contributed by atoms with Crippen molar-refractivity contribution < 1.29 is 4.79 Å². The normalized spacial score (nSPS) is 11.0. The quantitative estimate of drug-likeness (QED) is 0.583. The molecule has 4 rings (SSSR count).